The number of rotatable bonds is 5. The molecule has 1 aromatic rings. The fourth-order valence-electron chi connectivity index (χ4n) is 1.09. The van der Waals surface area contributed by atoms with Crippen LogP contribution in [-0.4, -0.2) is 33.9 Å². The van der Waals surface area contributed by atoms with Crippen LogP contribution in [-0.2, 0) is 11.3 Å². The quantitative estimate of drug-likeness (QED) is 0.276. The highest BCUT2D eigenvalue weighted by Gasteiger charge is 2.10. The average molecular weight is 241 g/mol. The van der Waals surface area contributed by atoms with E-state index in [4.69, 9.17) is 15.9 Å². The van der Waals surface area contributed by atoms with E-state index < -0.39 is 18.6 Å². The predicted octanol–water partition coefficient (Wildman–Crippen LogP) is -1.46. The Balaban J connectivity index is 2.41. The van der Waals surface area contributed by atoms with Crippen molar-refractivity contribution in [1.82, 2.24) is 10.9 Å². The minimum absolute atomic E-state index is 0.208. The Labute approximate surface area is 97.8 Å². The van der Waals surface area contributed by atoms with Gasteiger partial charge in [-0.05, 0) is 17.7 Å². The first-order chi connectivity index (χ1) is 8.04. The minimum Gasteiger partial charge on any atom is -0.504 e. The Kier molecular flexibility index (Phi) is 4.70. The number of phenols is 2. The second-order valence-corrected chi connectivity index (χ2v) is 3.45. The van der Waals surface area contributed by atoms with Crippen molar-refractivity contribution in [3.8, 4) is 11.5 Å². The largest absolute Gasteiger partial charge is 0.504 e. The number of hydrazine groups is 1. The Bertz CT molecular complexity index is 397. The Morgan fingerprint density at radius 1 is 1.35 bits per heavy atom. The predicted molar refractivity (Wildman–Crippen MR) is 59.8 cm³/mol. The van der Waals surface area contributed by atoms with E-state index in [1.54, 1.807) is 6.07 Å². The lowest BCUT2D eigenvalue weighted by molar-refractivity contribution is -0.124. The number of nitrogens with two attached hydrogens (primary N) is 1. The number of hydrogen-bond acceptors (Lipinski definition) is 6. The molecular formula is C10H15N3O4. The number of nitrogens with one attached hydrogen (secondary N) is 2. The van der Waals surface area contributed by atoms with Gasteiger partial charge in [0.15, 0.2) is 11.5 Å². The maximum Gasteiger partial charge on any atom is 0.253 e. The first kappa shape index (κ1) is 13.2. The van der Waals surface area contributed by atoms with Crippen LogP contribution in [0.15, 0.2) is 18.2 Å². The monoisotopic (exact) mass is 241 g/mol. The standard InChI is InChI=1S/C10H15N3O4/c11-7(5-14)10(17)13-12-4-6-1-2-8(15)9(16)3-6/h1-3,7,12,14-16H,4-5,11H2,(H,13,17). The van der Waals surface area contributed by atoms with Crippen LogP contribution < -0.4 is 16.6 Å². The highest BCUT2D eigenvalue weighted by Crippen LogP contribution is 2.24. The Morgan fingerprint density at radius 3 is 2.65 bits per heavy atom. The van der Waals surface area contributed by atoms with Crippen molar-refractivity contribution in [3.63, 3.8) is 0 Å². The maximum absolute atomic E-state index is 11.1. The summed E-state index contributed by atoms with van der Waals surface area (Å²) in [4.78, 5) is 11.1. The van der Waals surface area contributed by atoms with Crippen molar-refractivity contribution in [2.24, 2.45) is 5.73 Å². The van der Waals surface area contributed by atoms with Crippen LogP contribution in [0.3, 0.4) is 0 Å². The zero-order valence-corrected chi connectivity index (χ0v) is 9.05. The zero-order chi connectivity index (χ0) is 12.8. The van der Waals surface area contributed by atoms with Crippen LogP contribution in [0.25, 0.3) is 0 Å². The molecule has 7 nitrogen and oxygen atoms in total. The van der Waals surface area contributed by atoms with Crippen LogP contribution >= 0.6 is 0 Å². The molecule has 1 rings (SSSR count). The molecule has 17 heavy (non-hydrogen) atoms. The number of phenolic OH excluding ortho intramolecular Hbond substituents is 2. The number of benzene rings is 1. The van der Waals surface area contributed by atoms with Crippen molar-refractivity contribution in [3.05, 3.63) is 23.8 Å². The minimum atomic E-state index is -0.976. The zero-order valence-electron chi connectivity index (χ0n) is 9.05. The van der Waals surface area contributed by atoms with Crippen molar-refractivity contribution < 1.29 is 20.1 Å². The molecule has 0 fully saturated rings. The summed E-state index contributed by atoms with van der Waals surface area (Å²) in [6, 6.07) is 3.31. The molecule has 1 amide bonds. The fourth-order valence-corrected chi connectivity index (χ4v) is 1.09. The summed E-state index contributed by atoms with van der Waals surface area (Å²) in [6.07, 6.45) is 0. The molecule has 1 unspecified atom stereocenters. The lowest BCUT2D eigenvalue weighted by Crippen LogP contribution is -2.48. The number of carbonyl (C=O) groups is 1. The molecule has 0 aliphatic rings. The number of aliphatic hydroxyl groups excluding tert-OH is 1. The summed E-state index contributed by atoms with van der Waals surface area (Å²) in [7, 11) is 0. The van der Waals surface area contributed by atoms with E-state index in [2.05, 4.69) is 10.9 Å². The van der Waals surface area contributed by atoms with Crippen molar-refractivity contribution in [2.45, 2.75) is 12.6 Å². The summed E-state index contributed by atoms with van der Waals surface area (Å²) in [5.74, 6) is -0.974. The Morgan fingerprint density at radius 2 is 2.06 bits per heavy atom. The molecule has 0 aliphatic carbocycles. The number of hydrogen-bond donors (Lipinski definition) is 6. The van der Waals surface area contributed by atoms with Gasteiger partial charge >= 0.3 is 0 Å². The second-order valence-electron chi connectivity index (χ2n) is 3.45. The highest BCUT2D eigenvalue weighted by molar-refractivity contribution is 5.81. The van der Waals surface area contributed by atoms with Gasteiger partial charge in [0.2, 0.25) is 0 Å². The first-order valence-electron chi connectivity index (χ1n) is 4.94. The van der Waals surface area contributed by atoms with Gasteiger partial charge in [-0.3, -0.25) is 10.2 Å². The van der Waals surface area contributed by atoms with Gasteiger partial charge < -0.3 is 21.1 Å². The van der Waals surface area contributed by atoms with Gasteiger partial charge in [-0.15, -0.1) is 0 Å². The summed E-state index contributed by atoms with van der Waals surface area (Å²) in [5, 5.41) is 26.9. The van der Waals surface area contributed by atoms with E-state index >= 15 is 0 Å². The van der Waals surface area contributed by atoms with E-state index in [9.17, 15) is 9.90 Å². The topological polar surface area (TPSA) is 128 Å². The number of aromatic hydroxyl groups is 2. The third-order valence-electron chi connectivity index (χ3n) is 2.08. The van der Waals surface area contributed by atoms with Crippen molar-refractivity contribution in [1.29, 1.82) is 0 Å². The molecule has 0 aliphatic heterocycles. The molecule has 0 aromatic heterocycles. The lowest BCUT2D eigenvalue weighted by atomic mass is 10.2. The maximum atomic E-state index is 11.1. The van der Waals surface area contributed by atoms with Gasteiger partial charge in [0, 0.05) is 6.54 Å². The van der Waals surface area contributed by atoms with Gasteiger partial charge in [0.05, 0.1) is 6.61 Å². The summed E-state index contributed by atoms with van der Waals surface area (Å²) >= 11 is 0. The summed E-state index contributed by atoms with van der Waals surface area (Å²) < 4.78 is 0. The third kappa shape index (κ3) is 3.91. The summed E-state index contributed by atoms with van der Waals surface area (Å²) in [5.41, 5.74) is 10.8. The van der Waals surface area contributed by atoms with Crippen LogP contribution in [0.5, 0.6) is 11.5 Å². The van der Waals surface area contributed by atoms with Gasteiger partial charge in [0.1, 0.15) is 6.04 Å². The fraction of sp³-hybridized carbons (Fsp3) is 0.300. The molecule has 0 bridgehead atoms. The molecule has 1 atom stereocenters. The van der Waals surface area contributed by atoms with Crippen molar-refractivity contribution in [2.75, 3.05) is 6.61 Å². The number of carbonyl (C=O) groups excluding carboxylic acids is 1. The van der Waals surface area contributed by atoms with Crippen LogP contribution in [0.4, 0.5) is 0 Å². The molecule has 1 aromatic carbocycles. The molecular weight excluding hydrogens is 226 g/mol. The van der Waals surface area contributed by atoms with Gasteiger partial charge in [-0.25, -0.2) is 5.43 Å². The number of amides is 1. The number of aliphatic hydroxyl groups is 1. The third-order valence-corrected chi connectivity index (χ3v) is 2.08. The van der Waals surface area contributed by atoms with E-state index in [0.29, 0.717) is 5.56 Å². The van der Waals surface area contributed by atoms with Crippen molar-refractivity contribution >= 4 is 5.91 Å². The van der Waals surface area contributed by atoms with E-state index in [-0.39, 0.29) is 18.0 Å². The molecule has 94 valence electrons. The molecule has 0 spiro atoms. The molecule has 7 N–H and O–H groups in total. The van der Waals surface area contributed by atoms with Gasteiger partial charge in [0.25, 0.3) is 5.91 Å². The van der Waals surface area contributed by atoms with Gasteiger partial charge in [-0.2, -0.15) is 0 Å². The van der Waals surface area contributed by atoms with Crippen LogP contribution in [0.2, 0.25) is 0 Å². The molecule has 0 heterocycles. The summed E-state index contributed by atoms with van der Waals surface area (Å²) in [6.45, 7) is -0.189. The second kappa shape index (κ2) is 6.04. The average Bonchev–Trinajstić information content (AvgIpc) is 2.32. The smallest absolute Gasteiger partial charge is 0.253 e. The molecule has 0 saturated heterocycles. The first-order valence-corrected chi connectivity index (χ1v) is 4.94. The normalized spacial score (nSPS) is 12.1. The highest BCUT2D eigenvalue weighted by atomic mass is 16.3. The lowest BCUT2D eigenvalue weighted by Gasteiger charge is -2.11. The van der Waals surface area contributed by atoms with E-state index in [0.717, 1.165) is 0 Å². The molecule has 0 saturated carbocycles. The van der Waals surface area contributed by atoms with E-state index in [1.165, 1.54) is 12.1 Å². The molecule has 7 heteroatoms. The van der Waals surface area contributed by atoms with Gasteiger partial charge in [-0.1, -0.05) is 6.07 Å². The van der Waals surface area contributed by atoms with E-state index in [1.807, 2.05) is 0 Å². The van der Waals surface area contributed by atoms with Crippen LogP contribution in [0, 0.1) is 0 Å². The molecule has 0 radical (unpaired) electrons. The van der Waals surface area contributed by atoms with Crippen LogP contribution in [0.1, 0.15) is 5.56 Å². The SMILES string of the molecule is NC(CO)C(=O)NNCc1ccc(O)c(O)c1. The Hall–Kier alpha value is -1.83.